The van der Waals surface area contributed by atoms with Gasteiger partial charge in [0.15, 0.2) is 0 Å². The Bertz CT molecular complexity index is 254. The highest BCUT2D eigenvalue weighted by atomic mass is 16.5. The molecule has 1 saturated carbocycles. The van der Waals surface area contributed by atoms with Crippen molar-refractivity contribution in [3.63, 3.8) is 0 Å². The van der Waals surface area contributed by atoms with Crippen molar-refractivity contribution in [3.05, 3.63) is 0 Å². The summed E-state index contributed by atoms with van der Waals surface area (Å²) in [7, 11) is 0. The lowest BCUT2D eigenvalue weighted by Crippen LogP contribution is -2.55. The van der Waals surface area contributed by atoms with Gasteiger partial charge in [-0.2, -0.15) is 0 Å². The highest BCUT2D eigenvalue weighted by Crippen LogP contribution is 2.40. The minimum atomic E-state index is -0.194. The molecule has 0 aromatic rings. The normalized spacial score (nSPS) is 44.8. The van der Waals surface area contributed by atoms with Crippen molar-refractivity contribution in [1.29, 1.82) is 0 Å². The van der Waals surface area contributed by atoms with Crippen molar-refractivity contribution in [2.45, 2.75) is 64.8 Å². The Morgan fingerprint density at radius 2 is 2.00 bits per heavy atom. The van der Waals surface area contributed by atoms with Gasteiger partial charge in [0.25, 0.3) is 0 Å². The molecule has 2 fully saturated rings. The molecule has 3 heteroatoms. The zero-order chi connectivity index (χ0) is 11.9. The summed E-state index contributed by atoms with van der Waals surface area (Å²) in [5.41, 5.74) is 0.0753. The molecule has 94 valence electrons. The Labute approximate surface area is 98.8 Å². The number of aliphatic hydroxyl groups is 1. The van der Waals surface area contributed by atoms with Crippen LogP contribution < -0.4 is 0 Å². The highest BCUT2D eigenvalue weighted by molar-refractivity contribution is 4.98. The van der Waals surface area contributed by atoms with Gasteiger partial charge in [0.2, 0.25) is 0 Å². The average Bonchev–Trinajstić information content (AvgIpc) is 2.47. The Morgan fingerprint density at radius 1 is 1.31 bits per heavy atom. The number of morpholine rings is 1. The molecule has 0 spiro atoms. The van der Waals surface area contributed by atoms with Crippen molar-refractivity contribution in [1.82, 2.24) is 4.90 Å². The van der Waals surface area contributed by atoms with Crippen LogP contribution in [0.2, 0.25) is 0 Å². The molecule has 0 bridgehead atoms. The Morgan fingerprint density at radius 3 is 2.56 bits per heavy atom. The van der Waals surface area contributed by atoms with Crippen LogP contribution in [0.5, 0.6) is 0 Å². The smallest absolute Gasteiger partial charge is 0.0746 e. The number of ether oxygens (including phenoxy) is 1. The third kappa shape index (κ3) is 2.13. The second kappa shape index (κ2) is 4.28. The zero-order valence-corrected chi connectivity index (χ0v) is 10.9. The molecule has 1 heterocycles. The van der Waals surface area contributed by atoms with E-state index in [4.69, 9.17) is 4.74 Å². The number of aliphatic hydroxyl groups excluding tert-OH is 1. The highest BCUT2D eigenvalue weighted by Gasteiger charge is 2.45. The fourth-order valence-corrected chi connectivity index (χ4v) is 3.08. The summed E-state index contributed by atoms with van der Waals surface area (Å²) in [6, 6.07) is 0.765. The molecule has 2 aliphatic rings. The van der Waals surface area contributed by atoms with Gasteiger partial charge in [-0.1, -0.05) is 13.8 Å². The van der Waals surface area contributed by atoms with E-state index in [0.29, 0.717) is 18.2 Å². The number of nitrogens with zero attached hydrogens (tertiary/aromatic N) is 1. The summed E-state index contributed by atoms with van der Waals surface area (Å²) in [5.74, 6) is 0. The van der Waals surface area contributed by atoms with Crippen LogP contribution in [0.15, 0.2) is 0 Å². The van der Waals surface area contributed by atoms with E-state index in [2.05, 4.69) is 32.6 Å². The number of hydrogen-bond acceptors (Lipinski definition) is 3. The predicted octanol–water partition coefficient (Wildman–Crippen LogP) is 1.65. The molecule has 0 aromatic carbocycles. The van der Waals surface area contributed by atoms with Gasteiger partial charge in [-0.25, -0.2) is 0 Å². The summed E-state index contributed by atoms with van der Waals surface area (Å²) < 4.78 is 5.64. The van der Waals surface area contributed by atoms with E-state index in [1.54, 1.807) is 0 Å². The van der Waals surface area contributed by atoms with Crippen molar-refractivity contribution >= 4 is 0 Å². The first-order valence-corrected chi connectivity index (χ1v) is 6.47. The predicted molar refractivity (Wildman–Crippen MR) is 64.4 cm³/mol. The van der Waals surface area contributed by atoms with E-state index in [9.17, 15) is 5.11 Å². The van der Waals surface area contributed by atoms with E-state index in [1.807, 2.05) is 0 Å². The van der Waals surface area contributed by atoms with Gasteiger partial charge < -0.3 is 9.84 Å². The summed E-state index contributed by atoms with van der Waals surface area (Å²) in [6.45, 7) is 10.4. The van der Waals surface area contributed by atoms with Crippen molar-refractivity contribution in [2.24, 2.45) is 5.41 Å². The van der Waals surface area contributed by atoms with Crippen LogP contribution in [0.1, 0.15) is 40.5 Å². The first-order chi connectivity index (χ1) is 7.42. The molecule has 4 unspecified atom stereocenters. The van der Waals surface area contributed by atoms with Gasteiger partial charge in [0.05, 0.1) is 18.8 Å². The Kier molecular flexibility index (Phi) is 3.30. The first kappa shape index (κ1) is 12.3. The maximum atomic E-state index is 10.4. The zero-order valence-electron chi connectivity index (χ0n) is 10.9. The van der Waals surface area contributed by atoms with E-state index in [0.717, 1.165) is 26.0 Å². The lowest BCUT2D eigenvalue weighted by Gasteiger charge is -2.42. The quantitative estimate of drug-likeness (QED) is 0.739. The van der Waals surface area contributed by atoms with Gasteiger partial charge in [-0.3, -0.25) is 4.90 Å². The third-order valence-corrected chi connectivity index (χ3v) is 4.33. The molecule has 4 atom stereocenters. The van der Waals surface area contributed by atoms with Crippen molar-refractivity contribution < 1.29 is 9.84 Å². The van der Waals surface area contributed by atoms with Gasteiger partial charge in [-0.05, 0) is 32.1 Å². The minimum Gasteiger partial charge on any atom is -0.391 e. The molecule has 0 amide bonds. The Balaban J connectivity index is 2.07. The van der Waals surface area contributed by atoms with Crippen LogP contribution in [0, 0.1) is 5.41 Å². The lowest BCUT2D eigenvalue weighted by molar-refractivity contribution is -0.0895. The molecule has 0 aromatic heterocycles. The van der Waals surface area contributed by atoms with Gasteiger partial charge >= 0.3 is 0 Å². The van der Waals surface area contributed by atoms with E-state index >= 15 is 0 Å². The molecule has 1 saturated heterocycles. The third-order valence-electron chi connectivity index (χ3n) is 4.33. The molecular formula is C13H25NO2. The van der Waals surface area contributed by atoms with E-state index in [-0.39, 0.29) is 11.5 Å². The average molecular weight is 227 g/mol. The van der Waals surface area contributed by atoms with Crippen molar-refractivity contribution in [3.8, 4) is 0 Å². The maximum absolute atomic E-state index is 10.4. The van der Waals surface area contributed by atoms with Crippen LogP contribution in [0.3, 0.4) is 0 Å². The van der Waals surface area contributed by atoms with Gasteiger partial charge in [-0.15, -0.1) is 0 Å². The van der Waals surface area contributed by atoms with Crippen molar-refractivity contribution in [2.75, 3.05) is 13.2 Å². The molecular weight excluding hydrogens is 202 g/mol. The summed E-state index contributed by atoms with van der Waals surface area (Å²) >= 11 is 0. The largest absolute Gasteiger partial charge is 0.391 e. The topological polar surface area (TPSA) is 32.7 Å². The molecule has 0 radical (unpaired) electrons. The molecule has 1 aliphatic heterocycles. The van der Waals surface area contributed by atoms with Crippen LogP contribution in [-0.4, -0.2) is 47.4 Å². The summed E-state index contributed by atoms with van der Waals surface area (Å²) in [5, 5.41) is 10.4. The van der Waals surface area contributed by atoms with E-state index < -0.39 is 0 Å². The summed E-state index contributed by atoms with van der Waals surface area (Å²) in [6.07, 6.45) is 2.34. The SMILES string of the molecule is CC1CN(C2CCC(C)(C)C2O)C(C)CO1. The molecule has 1 aliphatic carbocycles. The van der Waals surface area contributed by atoms with Crippen LogP contribution >= 0.6 is 0 Å². The van der Waals surface area contributed by atoms with Crippen LogP contribution in [0.4, 0.5) is 0 Å². The number of rotatable bonds is 1. The number of hydrogen-bond donors (Lipinski definition) is 1. The minimum absolute atomic E-state index is 0.0753. The maximum Gasteiger partial charge on any atom is 0.0746 e. The Hall–Kier alpha value is -0.120. The van der Waals surface area contributed by atoms with Gasteiger partial charge in [0.1, 0.15) is 0 Å². The fourth-order valence-electron chi connectivity index (χ4n) is 3.08. The van der Waals surface area contributed by atoms with Crippen LogP contribution in [-0.2, 0) is 4.74 Å². The lowest BCUT2D eigenvalue weighted by atomic mass is 9.88. The van der Waals surface area contributed by atoms with Crippen LogP contribution in [0.25, 0.3) is 0 Å². The first-order valence-electron chi connectivity index (χ1n) is 6.47. The molecule has 2 rings (SSSR count). The molecule has 16 heavy (non-hydrogen) atoms. The van der Waals surface area contributed by atoms with Gasteiger partial charge in [0, 0.05) is 18.6 Å². The second-order valence-electron chi connectivity index (χ2n) is 6.23. The standard InChI is InChI=1S/C13H25NO2/c1-9-8-16-10(2)7-14(9)11-5-6-13(3,4)12(11)15/h9-12,15H,5-8H2,1-4H3. The second-order valence-corrected chi connectivity index (χ2v) is 6.23. The van der Waals surface area contributed by atoms with E-state index in [1.165, 1.54) is 0 Å². The summed E-state index contributed by atoms with van der Waals surface area (Å²) in [4.78, 5) is 2.45. The molecule has 1 N–H and O–H groups in total. The monoisotopic (exact) mass is 227 g/mol. The fraction of sp³-hybridized carbons (Fsp3) is 1.00. The molecule has 3 nitrogen and oxygen atoms in total.